The zero-order valence-corrected chi connectivity index (χ0v) is 7.29. The minimum atomic E-state index is 1.01. The summed E-state index contributed by atoms with van der Waals surface area (Å²) in [5, 5.41) is 1.24. The van der Waals surface area contributed by atoms with Gasteiger partial charge < -0.3 is 0 Å². The van der Waals surface area contributed by atoms with Crippen LogP contribution in [0.5, 0.6) is 0 Å². The molecule has 9 heteroatoms. The first-order valence-corrected chi connectivity index (χ1v) is 4.62. The first-order chi connectivity index (χ1) is 6.45. The van der Waals surface area contributed by atoms with Crippen LogP contribution in [0.1, 0.15) is 0 Å². The molecular weight excluding hydrogens is 151 g/mol. The molecule has 0 unspecified atom stereocenters. The summed E-state index contributed by atoms with van der Waals surface area (Å²) < 4.78 is 5.74. The fraction of sp³-hybridized carbons (Fsp3) is 0. The van der Waals surface area contributed by atoms with Gasteiger partial charge in [-0.3, -0.25) is 0 Å². The molecule has 0 aliphatic carbocycles. The number of rotatable bonds is 0. The van der Waals surface area contributed by atoms with E-state index in [1.54, 1.807) is 0 Å². The summed E-state index contributed by atoms with van der Waals surface area (Å²) in [6.45, 7) is 12.6. The molecule has 1 aliphatic heterocycles. The van der Waals surface area contributed by atoms with Crippen LogP contribution in [0.2, 0.25) is 0 Å². The maximum absolute atomic E-state index is 5.74. The van der Waals surface area contributed by atoms with Gasteiger partial charge in [0.2, 0.25) is 0 Å². The van der Waals surface area contributed by atoms with Crippen molar-refractivity contribution in [2.75, 3.05) is 0 Å². The first-order valence-electron chi connectivity index (χ1n) is 4.62. The zero-order chi connectivity index (χ0) is 8.67. The van der Waals surface area contributed by atoms with Gasteiger partial charge in [0.05, 0.1) is 0 Å². The van der Waals surface area contributed by atoms with Gasteiger partial charge in [0.1, 0.15) is 0 Å². The van der Waals surface area contributed by atoms with E-state index in [0.717, 1.165) is 25.4 Å². The molecule has 0 spiro atoms. The van der Waals surface area contributed by atoms with E-state index in [9.17, 15) is 0 Å². The Morgan fingerprint density at radius 3 is 3.08 bits per heavy atom. The van der Waals surface area contributed by atoms with Gasteiger partial charge in [0.25, 0.3) is 0 Å². The van der Waals surface area contributed by atoms with E-state index in [1.807, 2.05) is 13.5 Å². The minimum absolute atomic E-state index is 1.01. The molecule has 48 valence electrons. The van der Waals surface area contributed by atoms with Crippen molar-refractivity contribution in [3.63, 3.8) is 0 Å². The van der Waals surface area contributed by atoms with Gasteiger partial charge in [0, 0.05) is 0 Å². The molecule has 0 atom stereocenters. The number of fused-ring (bicyclic) bond motifs is 3. The molecule has 0 fully saturated rings. The van der Waals surface area contributed by atoms with Crippen molar-refractivity contribution in [2.45, 2.75) is 0 Å². The summed E-state index contributed by atoms with van der Waals surface area (Å²) in [4.78, 5) is 0. The Labute approximate surface area is 81.4 Å². The van der Waals surface area contributed by atoms with Crippen molar-refractivity contribution >= 4 is 76.6 Å². The Kier molecular flexibility index (Phi) is 1.99. The molecule has 2 aromatic heterocycles. The molecule has 1 aliphatic rings. The summed E-state index contributed by atoms with van der Waals surface area (Å²) in [5.74, 6) is 0. The third kappa shape index (κ3) is 1.28. The molecule has 0 amide bonds. The fourth-order valence-corrected chi connectivity index (χ4v) is 1.90. The van der Waals surface area contributed by atoms with Gasteiger partial charge in [-0.2, -0.15) is 0 Å². The van der Waals surface area contributed by atoms with Crippen molar-refractivity contribution in [3.8, 4) is 0 Å². The molecule has 13 heavy (non-hydrogen) atoms. The van der Waals surface area contributed by atoms with E-state index in [1.165, 1.54) is 10.7 Å². The Morgan fingerprint density at radius 1 is 1.15 bits per heavy atom. The van der Waals surface area contributed by atoms with Crippen LogP contribution in [0.25, 0.3) is 10.8 Å². The summed E-state index contributed by atoms with van der Waals surface area (Å²) in [6, 6.07) is 0. The molecule has 0 bridgehead atoms. The summed E-state index contributed by atoms with van der Waals surface area (Å²) >= 11 is 0. The first kappa shape index (κ1) is 8.14. The van der Waals surface area contributed by atoms with Crippen LogP contribution in [0, 0.1) is 0 Å². The molecule has 0 saturated heterocycles. The third-order valence-corrected chi connectivity index (χ3v) is 2.53. The molecule has 1 nitrogen and oxygen atoms in total. The Balaban J connectivity index is 2.42. The number of hydrogen-bond donors (Lipinski definition) is 0. The SMILES string of the molecule is B1=Bc2c(oc3bbbbc23)BB1. The van der Waals surface area contributed by atoms with Gasteiger partial charge in [-0.15, -0.1) is 0 Å². The molecule has 0 N–H and O–H groups in total. The van der Waals surface area contributed by atoms with Crippen molar-refractivity contribution in [1.29, 1.82) is 0 Å². The van der Waals surface area contributed by atoms with Crippen LogP contribution in [-0.2, 0) is 0 Å². The predicted molar refractivity (Wildman–Crippen MR) is 66.7 cm³/mol. The zero-order valence-electron chi connectivity index (χ0n) is 7.29. The predicted octanol–water partition coefficient (Wildman–Crippen LogP) is -3.92. The second-order valence-electron chi connectivity index (χ2n) is 3.38. The van der Waals surface area contributed by atoms with Crippen LogP contribution in [0.4, 0.5) is 0 Å². The van der Waals surface area contributed by atoms with Crippen molar-refractivity contribution < 1.29 is 4.42 Å². The van der Waals surface area contributed by atoms with Crippen LogP contribution in [0.3, 0.4) is 0 Å². The molecule has 3 heterocycles. The molecular formula is C4H2B8O. The molecule has 3 rings (SSSR count). The quantitative estimate of drug-likeness (QED) is 0.352. The Morgan fingerprint density at radius 2 is 2.08 bits per heavy atom. The van der Waals surface area contributed by atoms with E-state index >= 15 is 0 Å². The topological polar surface area (TPSA) is 13.1 Å². The van der Waals surface area contributed by atoms with Gasteiger partial charge >= 0.3 is 81.0 Å². The molecule has 0 radical (unpaired) electrons. The maximum atomic E-state index is 5.74. The van der Waals surface area contributed by atoms with E-state index in [4.69, 9.17) is 4.42 Å². The summed E-state index contributed by atoms with van der Waals surface area (Å²) in [5.41, 5.74) is 3.43. The average Bonchev–Trinajstić information content (AvgIpc) is 2.56. The second kappa shape index (κ2) is 3.18. The van der Waals surface area contributed by atoms with Gasteiger partial charge in [-0.05, 0) is 0 Å². The van der Waals surface area contributed by atoms with Gasteiger partial charge in [-0.25, -0.2) is 0 Å². The van der Waals surface area contributed by atoms with Crippen molar-refractivity contribution in [2.24, 2.45) is 0 Å². The van der Waals surface area contributed by atoms with Crippen molar-refractivity contribution in [1.82, 2.24) is 0 Å². The van der Waals surface area contributed by atoms with Crippen LogP contribution in [0.15, 0.2) is 4.42 Å². The average molecular weight is 153 g/mol. The monoisotopic (exact) mass is 154 g/mol. The Bertz CT molecular complexity index is 488. The molecule has 2 aromatic rings. The summed E-state index contributed by atoms with van der Waals surface area (Å²) in [6.07, 6.45) is 0. The standard InChI is InChI=1S/C4H2B8O/c5-1-2-4(8-12-10-6-2)13-3(1)7-11-9-5/h7,11H. The van der Waals surface area contributed by atoms with Crippen LogP contribution < -0.4 is 11.1 Å². The van der Waals surface area contributed by atoms with E-state index < -0.39 is 0 Å². The number of hydrogen-bond acceptors (Lipinski definition) is 1. The van der Waals surface area contributed by atoms with Crippen LogP contribution >= 0.6 is 0 Å². The normalized spacial score (nSPS) is 11.1. The van der Waals surface area contributed by atoms with E-state index in [2.05, 4.69) is 27.0 Å². The Hall–Kier alpha value is -0.201. The van der Waals surface area contributed by atoms with Crippen LogP contribution in [-0.4, -0.2) is 54.7 Å². The van der Waals surface area contributed by atoms with Gasteiger partial charge in [0.15, 0.2) is 0 Å². The van der Waals surface area contributed by atoms with E-state index in [-0.39, 0.29) is 0 Å². The van der Waals surface area contributed by atoms with Crippen molar-refractivity contribution in [3.05, 3.63) is 0 Å². The van der Waals surface area contributed by atoms with Gasteiger partial charge in [-0.1, -0.05) is 0 Å². The summed E-state index contributed by atoms with van der Waals surface area (Å²) in [7, 11) is 2.15. The molecule has 0 saturated carbocycles. The fourth-order valence-electron chi connectivity index (χ4n) is 1.90. The van der Waals surface area contributed by atoms with E-state index in [0.29, 0.717) is 0 Å². The number of furan rings is 1. The third-order valence-electron chi connectivity index (χ3n) is 2.53. The second-order valence-corrected chi connectivity index (χ2v) is 3.38. The molecule has 0 aromatic carbocycles.